The topological polar surface area (TPSA) is 60.2 Å². The molecule has 0 aromatic carbocycles. The number of ether oxygens (including phenoxy) is 1. The predicted molar refractivity (Wildman–Crippen MR) is 70.8 cm³/mol. The molecule has 5 nitrogen and oxygen atoms in total. The summed E-state index contributed by atoms with van der Waals surface area (Å²) in [6.07, 6.45) is 0.876. The second kappa shape index (κ2) is 6.63. The minimum atomic E-state index is 0.729. The summed E-state index contributed by atoms with van der Waals surface area (Å²) in [5.74, 6) is 1.69. The number of aryl methyl sites for hydroxylation is 1. The monoisotopic (exact) mass is 267 g/mol. The van der Waals surface area contributed by atoms with Gasteiger partial charge in [0, 0.05) is 26.6 Å². The minimum Gasteiger partial charge on any atom is -0.459 e. The Balaban J connectivity index is 1.83. The minimum absolute atomic E-state index is 0.729. The van der Waals surface area contributed by atoms with Gasteiger partial charge in [-0.25, -0.2) is 0 Å². The zero-order valence-electron chi connectivity index (χ0n) is 10.6. The van der Waals surface area contributed by atoms with E-state index in [9.17, 15) is 0 Å². The van der Waals surface area contributed by atoms with Gasteiger partial charge in [0.05, 0.1) is 6.61 Å². The van der Waals surface area contributed by atoms with Crippen LogP contribution in [0.3, 0.4) is 0 Å². The number of nitrogens with zero attached hydrogens (tertiary/aromatic N) is 2. The molecule has 2 rings (SSSR count). The lowest BCUT2D eigenvalue weighted by molar-refractivity contribution is 0.199. The van der Waals surface area contributed by atoms with Gasteiger partial charge in [-0.3, -0.25) is 0 Å². The van der Waals surface area contributed by atoms with Gasteiger partial charge in [0.15, 0.2) is 10.8 Å². The quantitative estimate of drug-likeness (QED) is 0.776. The molecule has 0 aliphatic rings. The Morgan fingerprint density at radius 1 is 1.33 bits per heavy atom. The van der Waals surface area contributed by atoms with Gasteiger partial charge < -0.3 is 14.5 Å². The highest BCUT2D eigenvalue weighted by Crippen LogP contribution is 2.25. The third-order valence-electron chi connectivity index (χ3n) is 2.42. The van der Waals surface area contributed by atoms with E-state index in [1.807, 2.05) is 19.1 Å². The van der Waals surface area contributed by atoms with Gasteiger partial charge in [-0.1, -0.05) is 11.3 Å². The first kappa shape index (κ1) is 13.2. The Kier molecular flexibility index (Phi) is 4.86. The summed E-state index contributed by atoms with van der Waals surface area (Å²) in [6, 6.07) is 3.86. The summed E-state index contributed by atoms with van der Waals surface area (Å²) in [6.45, 7) is 4.40. The van der Waals surface area contributed by atoms with Crippen molar-refractivity contribution in [2.75, 3.05) is 26.8 Å². The maximum Gasteiger partial charge on any atom is 0.183 e. The maximum atomic E-state index is 5.52. The van der Waals surface area contributed by atoms with Crippen LogP contribution in [0.4, 0.5) is 0 Å². The maximum absolute atomic E-state index is 5.52. The molecule has 98 valence electrons. The zero-order valence-corrected chi connectivity index (χ0v) is 11.4. The van der Waals surface area contributed by atoms with Gasteiger partial charge in [0.2, 0.25) is 0 Å². The second-order valence-electron chi connectivity index (χ2n) is 3.90. The van der Waals surface area contributed by atoms with E-state index in [4.69, 9.17) is 9.15 Å². The summed E-state index contributed by atoms with van der Waals surface area (Å²) < 4.78 is 10.5. The lowest BCUT2D eigenvalue weighted by atomic mass is 10.4. The van der Waals surface area contributed by atoms with E-state index in [2.05, 4.69) is 15.5 Å². The van der Waals surface area contributed by atoms with Crippen molar-refractivity contribution in [3.63, 3.8) is 0 Å². The Morgan fingerprint density at radius 2 is 2.22 bits per heavy atom. The predicted octanol–water partition coefficient (Wildman–Crippen LogP) is 1.89. The van der Waals surface area contributed by atoms with E-state index in [1.54, 1.807) is 18.4 Å². The van der Waals surface area contributed by atoms with E-state index in [0.717, 1.165) is 47.7 Å². The molecule has 2 heterocycles. The molecule has 0 amide bonds. The second-order valence-corrected chi connectivity index (χ2v) is 4.97. The van der Waals surface area contributed by atoms with Crippen molar-refractivity contribution in [1.82, 2.24) is 15.5 Å². The highest BCUT2D eigenvalue weighted by atomic mass is 32.1. The number of hydrogen-bond donors (Lipinski definition) is 1. The Hall–Kier alpha value is -1.24. The van der Waals surface area contributed by atoms with Crippen molar-refractivity contribution >= 4 is 11.3 Å². The molecule has 6 heteroatoms. The average molecular weight is 267 g/mol. The van der Waals surface area contributed by atoms with Crippen LogP contribution in [-0.4, -0.2) is 37.0 Å². The van der Waals surface area contributed by atoms with Gasteiger partial charge in [-0.2, -0.15) is 0 Å². The fraction of sp³-hybridized carbons (Fsp3) is 0.500. The Labute approximate surface area is 110 Å². The van der Waals surface area contributed by atoms with Gasteiger partial charge in [-0.15, -0.1) is 10.2 Å². The number of aromatic nitrogens is 2. The van der Waals surface area contributed by atoms with Crippen molar-refractivity contribution in [3.8, 4) is 10.8 Å². The molecular weight excluding hydrogens is 250 g/mol. The normalized spacial score (nSPS) is 11.0. The zero-order chi connectivity index (χ0) is 12.8. The van der Waals surface area contributed by atoms with E-state index in [-0.39, 0.29) is 0 Å². The van der Waals surface area contributed by atoms with Crippen molar-refractivity contribution in [1.29, 1.82) is 0 Å². The summed E-state index contributed by atoms with van der Waals surface area (Å²) >= 11 is 1.58. The first-order valence-electron chi connectivity index (χ1n) is 5.88. The molecule has 18 heavy (non-hydrogen) atoms. The fourth-order valence-electron chi connectivity index (χ4n) is 1.50. The molecule has 0 aliphatic heterocycles. The molecule has 0 unspecified atom stereocenters. The molecule has 1 N–H and O–H groups in total. The number of methoxy groups -OCH3 is 1. The summed E-state index contributed by atoms with van der Waals surface area (Å²) in [4.78, 5) is 0. The highest BCUT2D eigenvalue weighted by molar-refractivity contribution is 7.14. The standard InChI is InChI=1S/C12H17N3O2S/c1-9-3-4-10(17-9)12-15-14-11(18-12)5-6-13-7-8-16-2/h3-4,13H,5-8H2,1-2H3. The van der Waals surface area contributed by atoms with Crippen LogP contribution >= 0.6 is 11.3 Å². The third kappa shape index (κ3) is 3.63. The van der Waals surface area contributed by atoms with Crippen LogP contribution in [0, 0.1) is 6.92 Å². The number of rotatable bonds is 7. The Morgan fingerprint density at radius 3 is 2.94 bits per heavy atom. The van der Waals surface area contributed by atoms with Crippen LogP contribution < -0.4 is 5.32 Å². The lowest BCUT2D eigenvalue weighted by Gasteiger charge is -2.00. The van der Waals surface area contributed by atoms with E-state index >= 15 is 0 Å². The van der Waals surface area contributed by atoms with Crippen LogP contribution in [0.5, 0.6) is 0 Å². The molecule has 0 atom stereocenters. The Bertz CT molecular complexity index is 481. The summed E-state index contributed by atoms with van der Waals surface area (Å²) in [5, 5.41) is 13.4. The van der Waals surface area contributed by atoms with Crippen LogP contribution in [0.2, 0.25) is 0 Å². The molecule has 0 fully saturated rings. The average Bonchev–Trinajstić information content (AvgIpc) is 2.97. The van der Waals surface area contributed by atoms with Crippen LogP contribution in [-0.2, 0) is 11.2 Å². The number of furan rings is 1. The third-order valence-corrected chi connectivity index (χ3v) is 3.41. The molecule has 2 aromatic heterocycles. The van der Waals surface area contributed by atoms with Crippen molar-refractivity contribution in [2.24, 2.45) is 0 Å². The van der Waals surface area contributed by atoms with Crippen LogP contribution in [0.15, 0.2) is 16.5 Å². The first-order chi connectivity index (χ1) is 8.79. The largest absolute Gasteiger partial charge is 0.459 e. The number of hydrogen-bond acceptors (Lipinski definition) is 6. The number of nitrogens with one attached hydrogen (secondary N) is 1. The highest BCUT2D eigenvalue weighted by Gasteiger charge is 2.09. The molecule has 0 aliphatic carbocycles. The fourth-order valence-corrected chi connectivity index (χ4v) is 2.30. The molecule has 0 radical (unpaired) electrons. The van der Waals surface area contributed by atoms with Gasteiger partial charge >= 0.3 is 0 Å². The van der Waals surface area contributed by atoms with Gasteiger partial charge in [0.1, 0.15) is 10.8 Å². The van der Waals surface area contributed by atoms with Crippen LogP contribution in [0.25, 0.3) is 10.8 Å². The van der Waals surface area contributed by atoms with E-state index in [1.165, 1.54) is 0 Å². The van der Waals surface area contributed by atoms with Gasteiger partial charge in [-0.05, 0) is 19.1 Å². The van der Waals surface area contributed by atoms with E-state index < -0.39 is 0 Å². The van der Waals surface area contributed by atoms with Crippen molar-refractivity contribution in [2.45, 2.75) is 13.3 Å². The SMILES string of the molecule is COCCNCCc1nnc(-c2ccc(C)o2)s1. The molecular formula is C12H17N3O2S. The van der Waals surface area contributed by atoms with Crippen molar-refractivity contribution in [3.05, 3.63) is 22.9 Å². The molecule has 0 bridgehead atoms. The summed E-state index contributed by atoms with van der Waals surface area (Å²) in [7, 11) is 1.70. The summed E-state index contributed by atoms with van der Waals surface area (Å²) in [5.41, 5.74) is 0. The smallest absolute Gasteiger partial charge is 0.183 e. The molecule has 0 saturated carbocycles. The van der Waals surface area contributed by atoms with E-state index in [0.29, 0.717) is 0 Å². The first-order valence-corrected chi connectivity index (χ1v) is 6.70. The molecule has 0 saturated heterocycles. The van der Waals surface area contributed by atoms with Crippen LogP contribution in [0.1, 0.15) is 10.8 Å². The van der Waals surface area contributed by atoms with Gasteiger partial charge in [0.25, 0.3) is 0 Å². The molecule has 0 spiro atoms. The van der Waals surface area contributed by atoms with Crippen molar-refractivity contribution < 1.29 is 9.15 Å². The molecule has 2 aromatic rings. The lowest BCUT2D eigenvalue weighted by Crippen LogP contribution is -2.21.